The van der Waals surface area contributed by atoms with Gasteiger partial charge in [-0.2, -0.15) is 5.10 Å². The fourth-order valence-corrected chi connectivity index (χ4v) is 2.86. The van der Waals surface area contributed by atoms with Crippen LogP contribution >= 0.6 is 0 Å². The highest BCUT2D eigenvalue weighted by Crippen LogP contribution is 2.21. The Bertz CT molecular complexity index is 629. The first-order valence-corrected chi connectivity index (χ1v) is 7.50. The van der Waals surface area contributed by atoms with E-state index in [1.165, 1.54) is 0 Å². The number of nitrogens with zero attached hydrogens (tertiary/aromatic N) is 4. The lowest BCUT2D eigenvalue weighted by Gasteiger charge is -2.32. The molecule has 2 aromatic rings. The number of rotatable bonds is 3. The standard InChI is InChI=1S/C16H19N5O/c17-15-6-5-14(19-20-15)9-12-3-2-8-21(11-12)16(22)13-4-1-7-18-10-13/h1,4-7,10,12H,2-3,8-9,11H2,(H2,17,20)/t12-/m1/s1. The number of hydrogen-bond acceptors (Lipinski definition) is 5. The summed E-state index contributed by atoms with van der Waals surface area (Å²) in [6, 6.07) is 7.27. The molecule has 0 spiro atoms. The third-order valence-electron chi connectivity index (χ3n) is 3.95. The number of likely N-dealkylation sites (tertiary alicyclic amines) is 1. The predicted octanol–water partition coefficient (Wildman–Crippen LogP) is 1.55. The van der Waals surface area contributed by atoms with Gasteiger partial charge in [0.05, 0.1) is 11.3 Å². The Morgan fingerprint density at radius 1 is 1.32 bits per heavy atom. The second-order valence-electron chi connectivity index (χ2n) is 5.65. The zero-order chi connectivity index (χ0) is 15.4. The SMILES string of the molecule is Nc1ccc(C[C@H]2CCCN(C(=O)c3cccnc3)C2)nn1. The van der Waals surface area contributed by atoms with E-state index in [4.69, 9.17) is 5.73 Å². The summed E-state index contributed by atoms with van der Waals surface area (Å²) in [7, 11) is 0. The molecule has 1 fully saturated rings. The largest absolute Gasteiger partial charge is 0.382 e. The summed E-state index contributed by atoms with van der Waals surface area (Å²) in [5.74, 6) is 0.897. The van der Waals surface area contributed by atoms with Crippen molar-refractivity contribution in [2.24, 2.45) is 5.92 Å². The minimum absolute atomic E-state index is 0.0567. The molecule has 2 N–H and O–H groups in total. The quantitative estimate of drug-likeness (QED) is 0.929. The Kier molecular flexibility index (Phi) is 4.27. The minimum atomic E-state index is 0.0567. The summed E-state index contributed by atoms with van der Waals surface area (Å²) in [4.78, 5) is 18.4. The molecule has 0 radical (unpaired) electrons. The van der Waals surface area contributed by atoms with Crippen LogP contribution < -0.4 is 5.73 Å². The highest BCUT2D eigenvalue weighted by molar-refractivity contribution is 5.93. The Morgan fingerprint density at radius 2 is 2.23 bits per heavy atom. The van der Waals surface area contributed by atoms with E-state index < -0.39 is 0 Å². The van der Waals surface area contributed by atoms with E-state index in [1.807, 2.05) is 17.0 Å². The molecule has 0 unspecified atom stereocenters. The van der Waals surface area contributed by atoms with Crippen LogP contribution in [0.3, 0.4) is 0 Å². The molecular formula is C16H19N5O. The van der Waals surface area contributed by atoms with Crippen LogP contribution in [0.2, 0.25) is 0 Å². The molecule has 0 aromatic carbocycles. The summed E-state index contributed by atoms with van der Waals surface area (Å²) in [5.41, 5.74) is 7.13. The van der Waals surface area contributed by atoms with Crippen molar-refractivity contribution in [3.8, 4) is 0 Å². The van der Waals surface area contributed by atoms with Gasteiger partial charge in [0.15, 0.2) is 0 Å². The van der Waals surface area contributed by atoms with Gasteiger partial charge in [0.2, 0.25) is 0 Å². The maximum atomic E-state index is 12.5. The fraction of sp³-hybridized carbons (Fsp3) is 0.375. The van der Waals surface area contributed by atoms with Crippen molar-refractivity contribution < 1.29 is 4.79 Å². The van der Waals surface area contributed by atoms with E-state index in [0.29, 0.717) is 17.3 Å². The number of piperidine rings is 1. The average molecular weight is 297 g/mol. The van der Waals surface area contributed by atoms with Crippen molar-refractivity contribution in [2.45, 2.75) is 19.3 Å². The van der Waals surface area contributed by atoms with Crippen molar-refractivity contribution in [3.63, 3.8) is 0 Å². The molecule has 1 aliphatic rings. The molecule has 22 heavy (non-hydrogen) atoms. The van der Waals surface area contributed by atoms with E-state index in [1.54, 1.807) is 24.5 Å². The number of anilines is 1. The molecule has 3 rings (SSSR count). The summed E-state index contributed by atoms with van der Waals surface area (Å²) >= 11 is 0. The van der Waals surface area contributed by atoms with E-state index >= 15 is 0 Å². The van der Waals surface area contributed by atoms with Crippen LogP contribution in [-0.4, -0.2) is 39.1 Å². The molecule has 1 amide bonds. The van der Waals surface area contributed by atoms with Crippen molar-refractivity contribution in [1.82, 2.24) is 20.1 Å². The van der Waals surface area contributed by atoms with Crippen LogP contribution in [0.15, 0.2) is 36.7 Å². The second-order valence-corrected chi connectivity index (χ2v) is 5.65. The van der Waals surface area contributed by atoms with Crippen molar-refractivity contribution in [2.75, 3.05) is 18.8 Å². The van der Waals surface area contributed by atoms with E-state index in [9.17, 15) is 4.79 Å². The van der Waals surface area contributed by atoms with Gasteiger partial charge in [-0.3, -0.25) is 9.78 Å². The van der Waals surface area contributed by atoms with Gasteiger partial charge in [0.1, 0.15) is 5.82 Å². The average Bonchev–Trinajstić information content (AvgIpc) is 2.57. The summed E-state index contributed by atoms with van der Waals surface area (Å²) in [6.45, 7) is 1.55. The Hall–Kier alpha value is -2.50. The molecule has 0 aliphatic carbocycles. The van der Waals surface area contributed by atoms with Gasteiger partial charge < -0.3 is 10.6 Å². The second kappa shape index (κ2) is 6.51. The fourth-order valence-electron chi connectivity index (χ4n) is 2.86. The number of nitrogen functional groups attached to an aromatic ring is 1. The first-order chi connectivity index (χ1) is 10.7. The number of carbonyl (C=O) groups excluding carboxylic acids is 1. The van der Waals surface area contributed by atoms with Gasteiger partial charge in [-0.15, -0.1) is 5.10 Å². The normalized spacial score (nSPS) is 18.2. The molecule has 1 atom stereocenters. The number of aromatic nitrogens is 3. The molecule has 6 nitrogen and oxygen atoms in total. The van der Waals surface area contributed by atoms with Crippen LogP contribution in [0.5, 0.6) is 0 Å². The predicted molar refractivity (Wildman–Crippen MR) is 83.0 cm³/mol. The molecule has 0 saturated carbocycles. The number of nitrogens with two attached hydrogens (primary N) is 1. The number of hydrogen-bond donors (Lipinski definition) is 1. The molecule has 6 heteroatoms. The molecule has 2 aromatic heterocycles. The monoisotopic (exact) mass is 297 g/mol. The van der Waals surface area contributed by atoms with Crippen LogP contribution in [-0.2, 0) is 6.42 Å². The third-order valence-corrected chi connectivity index (χ3v) is 3.95. The summed E-state index contributed by atoms with van der Waals surface area (Å²) in [6.07, 6.45) is 6.24. The molecule has 3 heterocycles. The van der Waals surface area contributed by atoms with E-state index in [-0.39, 0.29) is 5.91 Å². The highest BCUT2D eigenvalue weighted by Gasteiger charge is 2.25. The lowest BCUT2D eigenvalue weighted by atomic mass is 9.93. The van der Waals surface area contributed by atoms with Crippen LogP contribution in [0.1, 0.15) is 28.9 Å². The van der Waals surface area contributed by atoms with Gasteiger partial charge in [-0.25, -0.2) is 0 Å². The highest BCUT2D eigenvalue weighted by atomic mass is 16.2. The zero-order valence-corrected chi connectivity index (χ0v) is 12.4. The van der Waals surface area contributed by atoms with Crippen LogP contribution in [0.4, 0.5) is 5.82 Å². The molecule has 1 aliphatic heterocycles. The zero-order valence-electron chi connectivity index (χ0n) is 12.4. The van der Waals surface area contributed by atoms with Crippen LogP contribution in [0.25, 0.3) is 0 Å². The maximum absolute atomic E-state index is 12.5. The van der Waals surface area contributed by atoms with E-state index in [2.05, 4.69) is 15.2 Å². The van der Waals surface area contributed by atoms with Crippen molar-refractivity contribution in [1.29, 1.82) is 0 Å². The molecule has 1 saturated heterocycles. The number of carbonyl (C=O) groups is 1. The smallest absolute Gasteiger partial charge is 0.255 e. The third kappa shape index (κ3) is 3.39. The van der Waals surface area contributed by atoms with Gasteiger partial charge in [-0.05, 0) is 49.4 Å². The Balaban J connectivity index is 1.64. The first kappa shape index (κ1) is 14.4. The molecule has 0 bridgehead atoms. The lowest BCUT2D eigenvalue weighted by Crippen LogP contribution is -2.40. The van der Waals surface area contributed by atoms with Gasteiger partial charge in [-0.1, -0.05) is 0 Å². The number of pyridine rings is 1. The Morgan fingerprint density at radius 3 is 2.95 bits per heavy atom. The topological polar surface area (TPSA) is 85.0 Å². The summed E-state index contributed by atoms with van der Waals surface area (Å²) < 4.78 is 0. The van der Waals surface area contributed by atoms with Gasteiger partial charge >= 0.3 is 0 Å². The summed E-state index contributed by atoms with van der Waals surface area (Å²) in [5, 5.41) is 8.00. The minimum Gasteiger partial charge on any atom is -0.382 e. The Labute approximate surface area is 129 Å². The van der Waals surface area contributed by atoms with Gasteiger partial charge in [0, 0.05) is 25.5 Å². The maximum Gasteiger partial charge on any atom is 0.255 e. The number of amides is 1. The van der Waals surface area contributed by atoms with E-state index in [0.717, 1.165) is 38.0 Å². The van der Waals surface area contributed by atoms with Crippen LogP contribution in [0, 0.1) is 5.92 Å². The molecule has 114 valence electrons. The van der Waals surface area contributed by atoms with Crippen molar-refractivity contribution >= 4 is 11.7 Å². The molecular weight excluding hydrogens is 278 g/mol. The van der Waals surface area contributed by atoms with Gasteiger partial charge in [0.25, 0.3) is 5.91 Å². The van der Waals surface area contributed by atoms with Crippen molar-refractivity contribution in [3.05, 3.63) is 47.9 Å². The first-order valence-electron chi connectivity index (χ1n) is 7.50. The lowest BCUT2D eigenvalue weighted by molar-refractivity contribution is 0.0672.